The van der Waals surface area contributed by atoms with Crippen LogP contribution in [0.2, 0.25) is 10.0 Å². The van der Waals surface area contributed by atoms with Crippen LogP contribution in [0.3, 0.4) is 0 Å². The summed E-state index contributed by atoms with van der Waals surface area (Å²) in [6.07, 6.45) is -1.07. The molecule has 27 heavy (non-hydrogen) atoms. The number of amides is 3. The molecule has 1 saturated heterocycles. The number of aliphatic hydroxyl groups excluding tert-OH is 1. The summed E-state index contributed by atoms with van der Waals surface area (Å²) in [7, 11) is 0. The highest BCUT2D eigenvalue weighted by Crippen LogP contribution is 2.28. The van der Waals surface area contributed by atoms with Crippen molar-refractivity contribution in [1.82, 2.24) is 4.90 Å². The quantitative estimate of drug-likeness (QED) is 0.741. The highest BCUT2D eigenvalue weighted by atomic mass is 35.5. The average Bonchev–Trinajstić information content (AvgIpc) is 2.86. The number of carbonyl (C=O) groups is 2. The second-order valence-corrected chi connectivity index (χ2v) is 7.00. The van der Waals surface area contributed by atoms with Crippen LogP contribution in [-0.2, 0) is 4.79 Å². The number of para-hydroxylation sites is 1. The summed E-state index contributed by atoms with van der Waals surface area (Å²) in [4.78, 5) is 27.6. The Kier molecular flexibility index (Phi) is 5.89. The maximum atomic E-state index is 12.7. The van der Waals surface area contributed by atoms with E-state index in [9.17, 15) is 14.7 Å². The minimum absolute atomic E-state index is 0.142. The number of aliphatic hydroxyl groups is 1. The number of carbonyl (C=O) groups excluding carboxylic acids is 2. The topological polar surface area (TPSA) is 70.1 Å². The van der Waals surface area contributed by atoms with Gasteiger partial charge in [-0.15, -0.1) is 0 Å². The number of hydrogen-bond donors (Lipinski definition) is 1. The van der Waals surface area contributed by atoms with Gasteiger partial charge in [-0.3, -0.25) is 14.6 Å². The van der Waals surface area contributed by atoms with Crippen LogP contribution in [0, 0.1) is 0 Å². The molecule has 142 valence electrons. The summed E-state index contributed by atoms with van der Waals surface area (Å²) in [6.45, 7) is 1.34. The Labute approximate surface area is 166 Å². The largest absolute Gasteiger partial charge is 0.489 e. The molecule has 0 bridgehead atoms. The number of nitrogens with zero attached hydrogens (tertiary/aromatic N) is 2. The third kappa shape index (κ3) is 4.18. The van der Waals surface area contributed by atoms with E-state index in [-0.39, 0.29) is 19.1 Å². The summed E-state index contributed by atoms with van der Waals surface area (Å²) in [5.41, 5.74) is 0.627. The maximum absolute atomic E-state index is 12.7. The van der Waals surface area contributed by atoms with Crippen molar-refractivity contribution in [3.05, 3.63) is 58.6 Å². The molecule has 0 spiro atoms. The first kappa shape index (κ1) is 19.5. The number of imide groups is 1. The number of ether oxygens (including phenoxy) is 1. The van der Waals surface area contributed by atoms with E-state index in [4.69, 9.17) is 27.9 Å². The second kappa shape index (κ2) is 8.17. The lowest BCUT2D eigenvalue weighted by Crippen LogP contribution is -2.40. The summed E-state index contributed by atoms with van der Waals surface area (Å²) >= 11 is 11.9. The van der Waals surface area contributed by atoms with E-state index in [2.05, 4.69) is 0 Å². The van der Waals surface area contributed by atoms with Gasteiger partial charge >= 0.3 is 6.03 Å². The first-order valence-electron chi connectivity index (χ1n) is 8.34. The monoisotopic (exact) mass is 408 g/mol. The molecule has 2 aromatic rings. The first-order valence-corrected chi connectivity index (χ1v) is 9.09. The Morgan fingerprint density at radius 3 is 2.56 bits per heavy atom. The molecule has 2 unspecified atom stereocenters. The zero-order chi connectivity index (χ0) is 19.6. The highest BCUT2D eigenvalue weighted by molar-refractivity contribution is 6.34. The van der Waals surface area contributed by atoms with Gasteiger partial charge in [-0.05, 0) is 31.2 Å². The Morgan fingerprint density at radius 1 is 1.15 bits per heavy atom. The summed E-state index contributed by atoms with van der Waals surface area (Å²) < 4.78 is 5.47. The van der Waals surface area contributed by atoms with E-state index < -0.39 is 18.2 Å². The lowest BCUT2D eigenvalue weighted by Gasteiger charge is -2.20. The Morgan fingerprint density at radius 2 is 1.85 bits per heavy atom. The van der Waals surface area contributed by atoms with E-state index in [0.29, 0.717) is 21.5 Å². The van der Waals surface area contributed by atoms with Gasteiger partial charge in [0, 0.05) is 16.8 Å². The van der Waals surface area contributed by atoms with Gasteiger partial charge < -0.3 is 9.84 Å². The molecule has 1 heterocycles. The van der Waals surface area contributed by atoms with Gasteiger partial charge in [0.25, 0.3) is 5.91 Å². The predicted octanol–water partition coefficient (Wildman–Crippen LogP) is 3.59. The third-order valence-electron chi connectivity index (χ3n) is 4.20. The van der Waals surface area contributed by atoms with E-state index in [1.54, 1.807) is 43.3 Å². The van der Waals surface area contributed by atoms with Crippen molar-refractivity contribution in [2.24, 2.45) is 0 Å². The molecular weight excluding hydrogens is 391 g/mol. The van der Waals surface area contributed by atoms with Crippen molar-refractivity contribution < 1.29 is 19.4 Å². The molecule has 2 atom stereocenters. The van der Waals surface area contributed by atoms with Crippen LogP contribution in [0.25, 0.3) is 0 Å². The Bertz CT molecular complexity index is 847. The molecule has 6 nitrogen and oxygen atoms in total. The van der Waals surface area contributed by atoms with Crippen molar-refractivity contribution >= 4 is 40.8 Å². The minimum atomic E-state index is -1.07. The predicted molar refractivity (Wildman–Crippen MR) is 103 cm³/mol. The van der Waals surface area contributed by atoms with Crippen molar-refractivity contribution in [1.29, 1.82) is 0 Å². The molecule has 0 radical (unpaired) electrons. The number of halogens is 2. The number of benzene rings is 2. The summed E-state index contributed by atoms with van der Waals surface area (Å²) in [6, 6.07) is 12.5. The fraction of sp³-hybridized carbons (Fsp3) is 0.263. The normalized spacial score (nSPS) is 18.1. The number of β-amino-alcohol motifs (C(OH)–C–C–N with tert-alkyl or cyclic N) is 1. The van der Waals surface area contributed by atoms with E-state index >= 15 is 0 Å². The van der Waals surface area contributed by atoms with Crippen molar-refractivity contribution in [3.8, 4) is 5.75 Å². The van der Waals surface area contributed by atoms with Gasteiger partial charge in [0.1, 0.15) is 24.5 Å². The smallest absolute Gasteiger partial charge is 0.332 e. The van der Waals surface area contributed by atoms with Gasteiger partial charge in [0.05, 0.1) is 11.6 Å². The van der Waals surface area contributed by atoms with Crippen LogP contribution in [0.4, 0.5) is 10.5 Å². The molecule has 2 aromatic carbocycles. The standard InChI is InChI=1S/C19H18Cl2N2O4/c1-12-18(25)22(19(26)23(12)14-5-3-2-4-6-14)10-15(24)11-27-17-9-13(20)7-8-16(17)21/h2-9,12,15,24H,10-11H2,1H3. The van der Waals surface area contributed by atoms with Crippen LogP contribution >= 0.6 is 23.2 Å². The summed E-state index contributed by atoms with van der Waals surface area (Å²) in [5.74, 6) is -0.0507. The molecule has 1 fully saturated rings. The number of urea groups is 1. The lowest BCUT2D eigenvalue weighted by molar-refractivity contribution is -0.128. The Hall–Kier alpha value is -2.28. The van der Waals surface area contributed by atoms with Crippen LogP contribution in [-0.4, -0.2) is 47.2 Å². The fourth-order valence-electron chi connectivity index (χ4n) is 2.85. The van der Waals surface area contributed by atoms with Crippen LogP contribution in [0.1, 0.15) is 6.92 Å². The molecule has 0 saturated carbocycles. The summed E-state index contributed by atoms with van der Waals surface area (Å²) in [5, 5.41) is 11.0. The fourth-order valence-corrected chi connectivity index (χ4v) is 3.19. The molecule has 1 N–H and O–H groups in total. The Balaban J connectivity index is 1.65. The van der Waals surface area contributed by atoms with Gasteiger partial charge in [-0.1, -0.05) is 41.4 Å². The molecule has 1 aliphatic heterocycles. The van der Waals surface area contributed by atoms with E-state index in [0.717, 1.165) is 4.90 Å². The van der Waals surface area contributed by atoms with Crippen LogP contribution in [0.15, 0.2) is 48.5 Å². The van der Waals surface area contributed by atoms with E-state index in [1.165, 1.54) is 11.0 Å². The number of rotatable bonds is 6. The van der Waals surface area contributed by atoms with Crippen LogP contribution in [0.5, 0.6) is 5.75 Å². The number of hydrogen-bond acceptors (Lipinski definition) is 4. The molecular formula is C19H18Cl2N2O4. The lowest BCUT2D eigenvalue weighted by atomic mass is 10.2. The first-order chi connectivity index (χ1) is 12.9. The molecule has 1 aliphatic rings. The highest BCUT2D eigenvalue weighted by Gasteiger charge is 2.43. The minimum Gasteiger partial charge on any atom is -0.489 e. The second-order valence-electron chi connectivity index (χ2n) is 6.15. The van der Waals surface area contributed by atoms with Crippen molar-refractivity contribution in [2.75, 3.05) is 18.1 Å². The molecule has 3 amide bonds. The zero-order valence-electron chi connectivity index (χ0n) is 14.5. The molecule has 0 aliphatic carbocycles. The zero-order valence-corrected chi connectivity index (χ0v) is 16.0. The number of anilines is 1. The van der Waals surface area contributed by atoms with Gasteiger partial charge in [0.15, 0.2) is 0 Å². The molecule has 0 aromatic heterocycles. The van der Waals surface area contributed by atoms with Gasteiger partial charge in [-0.2, -0.15) is 0 Å². The van der Waals surface area contributed by atoms with Gasteiger partial charge in [0.2, 0.25) is 0 Å². The van der Waals surface area contributed by atoms with Crippen molar-refractivity contribution in [2.45, 2.75) is 19.1 Å². The van der Waals surface area contributed by atoms with Gasteiger partial charge in [-0.25, -0.2) is 4.79 Å². The van der Waals surface area contributed by atoms with Crippen LogP contribution < -0.4 is 9.64 Å². The average molecular weight is 409 g/mol. The molecule has 8 heteroatoms. The SMILES string of the molecule is CC1C(=O)N(CC(O)COc2cc(Cl)ccc2Cl)C(=O)N1c1ccccc1. The molecule has 3 rings (SSSR count). The van der Waals surface area contributed by atoms with Crippen molar-refractivity contribution in [3.63, 3.8) is 0 Å². The van der Waals surface area contributed by atoms with E-state index in [1.807, 2.05) is 6.07 Å². The maximum Gasteiger partial charge on any atom is 0.332 e. The third-order valence-corrected chi connectivity index (χ3v) is 4.75.